The normalized spacial score (nSPS) is 17.8. The van der Waals surface area contributed by atoms with Crippen LogP contribution in [-0.2, 0) is 15.0 Å². The summed E-state index contributed by atoms with van der Waals surface area (Å²) in [7, 11) is 0. The molecule has 4 rings (SSSR count). The van der Waals surface area contributed by atoms with Gasteiger partial charge in [0.05, 0.1) is 12.2 Å². The molecule has 5 nitrogen and oxygen atoms in total. The lowest BCUT2D eigenvalue weighted by Crippen LogP contribution is -2.30. The quantitative estimate of drug-likeness (QED) is 0.246. The molecule has 6 heteroatoms. The molecule has 0 spiro atoms. The van der Waals surface area contributed by atoms with E-state index >= 15 is 0 Å². The second kappa shape index (κ2) is 9.34. The van der Waals surface area contributed by atoms with Gasteiger partial charge in [-0.25, -0.2) is 0 Å². The van der Waals surface area contributed by atoms with Crippen molar-refractivity contribution in [2.24, 2.45) is 0 Å². The van der Waals surface area contributed by atoms with Gasteiger partial charge in [-0.15, -0.1) is 11.3 Å². The molecule has 0 radical (unpaired) electrons. The number of ether oxygens (including phenoxy) is 1. The predicted molar refractivity (Wildman–Crippen MR) is 141 cm³/mol. The van der Waals surface area contributed by atoms with E-state index in [0.717, 1.165) is 27.3 Å². The lowest BCUT2D eigenvalue weighted by Gasteiger charge is -2.26. The average Bonchev–Trinajstić information content (AvgIpc) is 3.34. The van der Waals surface area contributed by atoms with Crippen molar-refractivity contribution in [3.63, 3.8) is 0 Å². The molecule has 1 amide bonds. The summed E-state index contributed by atoms with van der Waals surface area (Å²) in [5, 5.41) is 13.5. The van der Waals surface area contributed by atoms with Gasteiger partial charge >= 0.3 is 0 Å². The lowest BCUT2D eigenvalue weighted by molar-refractivity contribution is -0.132. The van der Waals surface area contributed by atoms with Crippen LogP contribution in [0.4, 0.5) is 5.69 Å². The van der Waals surface area contributed by atoms with Crippen LogP contribution in [0.3, 0.4) is 0 Å². The third-order valence-corrected chi connectivity index (χ3v) is 7.40. The summed E-state index contributed by atoms with van der Waals surface area (Å²) in [6, 6.07) is 14.2. The Labute approximate surface area is 210 Å². The van der Waals surface area contributed by atoms with Gasteiger partial charge in [0.1, 0.15) is 17.6 Å². The van der Waals surface area contributed by atoms with Crippen LogP contribution in [-0.4, -0.2) is 23.4 Å². The Bertz CT molecular complexity index is 1330. The van der Waals surface area contributed by atoms with E-state index in [9.17, 15) is 14.7 Å². The molecule has 0 aliphatic carbocycles. The molecule has 182 valence electrons. The number of hydrogen-bond acceptors (Lipinski definition) is 5. The van der Waals surface area contributed by atoms with E-state index in [1.54, 1.807) is 6.07 Å². The summed E-state index contributed by atoms with van der Waals surface area (Å²) < 4.78 is 5.82. The van der Waals surface area contributed by atoms with Gasteiger partial charge in [-0.3, -0.25) is 14.5 Å². The van der Waals surface area contributed by atoms with E-state index in [0.29, 0.717) is 17.9 Å². The fraction of sp³-hybridized carbons (Fsp3) is 0.310. The summed E-state index contributed by atoms with van der Waals surface area (Å²) in [5.41, 5.74) is 3.76. The molecule has 35 heavy (non-hydrogen) atoms. The van der Waals surface area contributed by atoms with E-state index in [-0.39, 0.29) is 16.7 Å². The summed E-state index contributed by atoms with van der Waals surface area (Å²) >= 11 is 1.48. The molecular formula is C29H31NO4S. The SMILES string of the molecule is CCOc1ccc(/C(O)=C2/C(=O)C(=O)N(c3ccccc3C)C2c2sccc2C)cc1C(C)(C)C. The minimum atomic E-state index is -0.708. The van der Waals surface area contributed by atoms with E-state index < -0.39 is 17.7 Å². The van der Waals surface area contributed by atoms with Crippen molar-refractivity contribution >= 4 is 34.5 Å². The van der Waals surface area contributed by atoms with Gasteiger partial charge in [0.15, 0.2) is 0 Å². The van der Waals surface area contributed by atoms with Gasteiger partial charge in [0.25, 0.3) is 11.7 Å². The zero-order chi connectivity index (χ0) is 25.5. The van der Waals surface area contributed by atoms with Crippen LogP contribution >= 0.6 is 11.3 Å². The number of anilines is 1. The van der Waals surface area contributed by atoms with Crippen LogP contribution in [0.25, 0.3) is 5.76 Å². The van der Waals surface area contributed by atoms with Gasteiger partial charge in [-0.05, 0) is 73.0 Å². The first-order valence-electron chi connectivity index (χ1n) is 11.7. The molecule has 3 aromatic rings. The standard InChI is InChI=1S/C29H31NO4S/c1-7-34-22-13-12-19(16-20(22)29(4,5)6)25(31)23-24(27-18(3)14-15-35-27)30(28(33)26(23)32)21-11-9-8-10-17(21)2/h8-16,24,31H,7H2,1-6H3/b25-23-. The smallest absolute Gasteiger partial charge is 0.300 e. The largest absolute Gasteiger partial charge is 0.507 e. The first kappa shape index (κ1) is 24.7. The number of aliphatic hydroxyl groups excluding tert-OH is 1. The number of para-hydroxylation sites is 1. The molecule has 1 N–H and O–H groups in total. The number of carbonyl (C=O) groups is 2. The van der Waals surface area contributed by atoms with Gasteiger partial charge < -0.3 is 9.84 Å². The molecular weight excluding hydrogens is 458 g/mol. The Kier molecular flexibility index (Phi) is 6.60. The average molecular weight is 490 g/mol. The molecule has 1 fully saturated rings. The number of amides is 1. The van der Waals surface area contributed by atoms with Crippen molar-refractivity contribution in [3.8, 4) is 5.75 Å². The van der Waals surface area contributed by atoms with E-state index in [4.69, 9.17) is 4.74 Å². The fourth-order valence-electron chi connectivity index (χ4n) is 4.53. The highest BCUT2D eigenvalue weighted by atomic mass is 32.1. The summed E-state index contributed by atoms with van der Waals surface area (Å²) in [6.45, 7) is 12.5. The number of nitrogens with zero attached hydrogens (tertiary/aromatic N) is 1. The maximum Gasteiger partial charge on any atom is 0.300 e. The maximum atomic E-state index is 13.5. The minimum absolute atomic E-state index is 0.104. The zero-order valence-electron chi connectivity index (χ0n) is 21.0. The highest BCUT2D eigenvalue weighted by molar-refractivity contribution is 7.10. The summed E-state index contributed by atoms with van der Waals surface area (Å²) in [5.74, 6) is -0.760. The molecule has 1 atom stereocenters. The van der Waals surface area contributed by atoms with Crippen molar-refractivity contribution in [1.29, 1.82) is 0 Å². The maximum absolute atomic E-state index is 13.5. The molecule has 0 bridgehead atoms. The van der Waals surface area contributed by atoms with Crippen molar-refractivity contribution in [2.45, 2.75) is 53.0 Å². The Balaban J connectivity index is 1.96. The first-order chi connectivity index (χ1) is 16.6. The van der Waals surface area contributed by atoms with Crippen LogP contribution in [0.1, 0.15) is 60.9 Å². The number of hydrogen-bond donors (Lipinski definition) is 1. The summed E-state index contributed by atoms with van der Waals surface area (Å²) in [6.07, 6.45) is 0. The number of benzene rings is 2. The number of ketones is 1. The number of rotatable bonds is 5. The van der Waals surface area contributed by atoms with Crippen LogP contribution in [0, 0.1) is 13.8 Å². The Morgan fingerprint density at radius 3 is 2.37 bits per heavy atom. The van der Waals surface area contributed by atoms with E-state index in [1.165, 1.54) is 16.2 Å². The van der Waals surface area contributed by atoms with Crippen molar-refractivity contribution < 1.29 is 19.4 Å². The fourth-order valence-corrected chi connectivity index (χ4v) is 5.55. The zero-order valence-corrected chi connectivity index (χ0v) is 21.8. The lowest BCUT2D eigenvalue weighted by atomic mass is 9.84. The van der Waals surface area contributed by atoms with Crippen LogP contribution < -0.4 is 9.64 Å². The second-order valence-corrected chi connectivity index (χ2v) is 10.8. The molecule has 2 heterocycles. The summed E-state index contributed by atoms with van der Waals surface area (Å²) in [4.78, 5) is 29.2. The Morgan fingerprint density at radius 1 is 1.06 bits per heavy atom. The second-order valence-electron chi connectivity index (χ2n) is 9.82. The van der Waals surface area contributed by atoms with Crippen molar-refractivity contribution in [1.82, 2.24) is 0 Å². The molecule has 0 saturated carbocycles. The van der Waals surface area contributed by atoms with E-state index in [2.05, 4.69) is 20.8 Å². The van der Waals surface area contributed by atoms with Gasteiger partial charge in [-0.2, -0.15) is 0 Å². The molecule has 1 aliphatic heterocycles. The van der Waals surface area contributed by atoms with Gasteiger partial charge in [0, 0.05) is 21.7 Å². The monoisotopic (exact) mass is 489 g/mol. The molecule has 1 unspecified atom stereocenters. The third-order valence-electron chi connectivity index (χ3n) is 6.33. The number of aryl methyl sites for hydroxylation is 2. The minimum Gasteiger partial charge on any atom is -0.507 e. The van der Waals surface area contributed by atoms with Crippen LogP contribution in [0.5, 0.6) is 5.75 Å². The Hall–Kier alpha value is -3.38. The van der Waals surface area contributed by atoms with E-state index in [1.807, 2.05) is 68.6 Å². The predicted octanol–water partition coefficient (Wildman–Crippen LogP) is 6.69. The van der Waals surface area contributed by atoms with Crippen molar-refractivity contribution in [2.75, 3.05) is 11.5 Å². The molecule has 1 saturated heterocycles. The van der Waals surface area contributed by atoms with Gasteiger partial charge in [-0.1, -0.05) is 39.0 Å². The third kappa shape index (κ3) is 4.39. The van der Waals surface area contributed by atoms with Crippen molar-refractivity contribution in [3.05, 3.63) is 86.6 Å². The van der Waals surface area contributed by atoms with Crippen LogP contribution in [0.15, 0.2) is 59.5 Å². The topological polar surface area (TPSA) is 66.8 Å². The molecule has 1 aliphatic rings. The number of thiophene rings is 1. The number of Topliss-reactive ketones (excluding diaryl/α,β-unsaturated/α-hetero) is 1. The first-order valence-corrected chi connectivity index (χ1v) is 12.6. The Morgan fingerprint density at radius 2 is 1.77 bits per heavy atom. The number of aliphatic hydroxyl groups is 1. The highest BCUT2D eigenvalue weighted by Gasteiger charge is 2.48. The van der Waals surface area contributed by atoms with Gasteiger partial charge in [0.2, 0.25) is 0 Å². The molecule has 2 aromatic carbocycles. The molecule has 1 aromatic heterocycles. The number of carbonyl (C=O) groups excluding carboxylic acids is 2. The highest BCUT2D eigenvalue weighted by Crippen LogP contribution is 2.46. The van der Waals surface area contributed by atoms with Crippen LogP contribution in [0.2, 0.25) is 0 Å².